The van der Waals surface area contributed by atoms with E-state index < -0.39 is 0 Å². The third-order valence-corrected chi connectivity index (χ3v) is 5.25. The Hall–Kier alpha value is -0.380. The zero-order valence-corrected chi connectivity index (χ0v) is 14.0. The number of nitrogens with one attached hydrogen (secondary N) is 1. The highest BCUT2D eigenvalue weighted by Crippen LogP contribution is 2.36. The molecule has 0 aromatic carbocycles. The van der Waals surface area contributed by atoms with E-state index in [2.05, 4.69) is 38.2 Å². The molecular formula is C17H29NOS. The highest BCUT2D eigenvalue weighted by atomic mass is 32.1. The molecule has 2 nitrogen and oxygen atoms in total. The molecule has 0 unspecified atom stereocenters. The fourth-order valence-corrected chi connectivity index (χ4v) is 3.63. The van der Waals surface area contributed by atoms with E-state index in [1.54, 1.807) is 0 Å². The summed E-state index contributed by atoms with van der Waals surface area (Å²) in [6, 6.07) is 4.45. The molecule has 0 radical (unpaired) electrons. The fourth-order valence-electron chi connectivity index (χ4n) is 2.72. The molecule has 1 aromatic rings. The van der Waals surface area contributed by atoms with Gasteiger partial charge in [-0.05, 0) is 56.2 Å². The lowest BCUT2D eigenvalue weighted by Crippen LogP contribution is -2.26. The molecule has 1 fully saturated rings. The monoisotopic (exact) mass is 295 g/mol. The van der Waals surface area contributed by atoms with E-state index in [-0.39, 0.29) is 0 Å². The molecule has 2 rings (SSSR count). The minimum atomic E-state index is 0.479. The van der Waals surface area contributed by atoms with Crippen LogP contribution in [0, 0.1) is 5.41 Å². The Bertz CT molecular complexity index is 389. The van der Waals surface area contributed by atoms with Gasteiger partial charge in [0.25, 0.3) is 0 Å². The van der Waals surface area contributed by atoms with E-state index in [1.807, 2.05) is 11.3 Å². The van der Waals surface area contributed by atoms with Crippen molar-refractivity contribution in [2.24, 2.45) is 5.41 Å². The van der Waals surface area contributed by atoms with Crippen LogP contribution >= 0.6 is 11.3 Å². The van der Waals surface area contributed by atoms with Gasteiger partial charge in [-0.15, -0.1) is 11.3 Å². The summed E-state index contributed by atoms with van der Waals surface area (Å²) in [5.41, 5.74) is 0.529. The Morgan fingerprint density at radius 3 is 2.65 bits per heavy atom. The lowest BCUT2D eigenvalue weighted by atomic mass is 9.76. The van der Waals surface area contributed by atoms with Gasteiger partial charge in [0, 0.05) is 16.3 Å². The van der Waals surface area contributed by atoms with Crippen LogP contribution in [0.25, 0.3) is 0 Å². The van der Waals surface area contributed by atoms with Crippen LogP contribution in [0.2, 0.25) is 0 Å². The molecule has 1 aromatic heterocycles. The molecule has 20 heavy (non-hydrogen) atoms. The van der Waals surface area contributed by atoms with Gasteiger partial charge in [0.15, 0.2) is 0 Å². The smallest absolute Gasteiger partial charge is 0.0813 e. The predicted octanol–water partition coefficient (Wildman–Crippen LogP) is 4.73. The summed E-state index contributed by atoms with van der Waals surface area (Å²) in [7, 11) is 0. The van der Waals surface area contributed by atoms with Crippen molar-refractivity contribution in [2.75, 3.05) is 6.54 Å². The molecule has 0 bridgehead atoms. The Balaban J connectivity index is 1.69. The lowest BCUT2D eigenvalue weighted by molar-refractivity contribution is -0.00448. The van der Waals surface area contributed by atoms with Gasteiger partial charge in [-0.25, -0.2) is 0 Å². The van der Waals surface area contributed by atoms with Crippen LogP contribution in [0.5, 0.6) is 0 Å². The zero-order chi connectivity index (χ0) is 14.4. The van der Waals surface area contributed by atoms with Crippen molar-refractivity contribution in [1.29, 1.82) is 0 Å². The molecule has 3 heteroatoms. The highest BCUT2D eigenvalue weighted by molar-refractivity contribution is 7.11. The van der Waals surface area contributed by atoms with E-state index in [0.29, 0.717) is 11.5 Å². The van der Waals surface area contributed by atoms with Crippen molar-refractivity contribution >= 4 is 11.3 Å². The van der Waals surface area contributed by atoms with Gasteiger partial charge < -0.3 is 10.1 Å². The maximum Gasteiger partial charge on any atom is 0.0813 e. The first kappa shape index (κ1) is 16.0. The number of ether oxygens (including phenoxy) is 1. The van der Waals surface area contributed by atoms with Crippen molar-refractivity contribution in [3.63, 3.8) is 0 Å². The van der Waals surface area contributed by atoms with Crippen LogP contribution in [0.1, 0.15) is 62.6 Å². The minimum absolute atomic E-state index is 0.479. The van der Waals surface area contributed by atoms with E-state index in [4.69, 9.17) is 4.74 Å². The van der Waals surface area contributed by atoms with Crippen LogP contribution < -0.4 is 5.32 Å². The largest absolute Gasteiger partial charge is 0.373 e. The first-order valence-electron chi connectivity index (χ1n) is 7.99. The Kier molecular flexibility index (Phi) is 6.06. The van der Waals surface area contributed by atoms with Gasteiger partial charge >= 0.3 is 0 Å². The van der Waals surface area contributed by atoms with Crippen molar-refractivity contribution in [3.05, 3.63) is 21.9 Å². The maximum atomic E-state index is 6.09. The van der Waals surface area contributed by atoms with Crippen molar-refractivity contribution in [3.8, 4) is 0 Å². The van der Waals surface area contributed by atoms with Gasteiger partial charge in [0.1, 0.15) is 0 Å². The van der Waals surface area contributed by atoms with Crippen LogP contribution in [0.4, 0.5) is 0 Å². The molecule has 0 aliphatic heterocycles. The minimum Gasteiger partial charge on any atom is -0.373 e. The van der Waals surface area contributed by atoms with E-state index >= 15 is 0 Å². The average Bonchev–Trinajstić information content (AvgIpc) is 2.86. The summed E-state index contributed by atoms with van der Waals surface area (Å²) in [6.07, 6.45) is 6.72. The van der Waals surface area contributed by atoms with E-state index in [9.17, 15) is 0 Å². The molecule has 0 amide bonds. The van der Waals surface area contributed by atoms with Crippen LogP contribution in [0.15, 0.2) is 12.1 Å². The number of hydrogen-bond donors (Lipinski definition) is 1. The molecular weight excluding hydrogens is 266 g/mol. The van der Waals surface area contributed by atoms with Gasteiger partial charge in [0.2, 0.25) is 0 Å². The SMILES string of the molecule is CCCNCc1ccc(COC2CCC(C)(C)CC2)s1. The summed E-state index contributed by atoms with van der Waals surface area (Å²) in [6.45, 7) is 9.84. The lowest BCUT2D eigenvalue weighted by Gasteiger charge is -2.34. The number of hydrogen-bond acceptors (Lipinski definition) is 3. The highest BCUT2D eigenvalue weighted by Gasteiger charge is 2.27. The topological polar surface area (TPSA) is 21.3 Å². The summed E-state index contributed by atoms with van der Waals surface area (Å²) in [5.74, 6) is 0. The van der Waals surface area contributed by atoms with Gasteiger partial charge in [-0.2, -0.15) is 0 Å². The maximum absolute atomic E-state index is 6.09. The number of thiophene rings is 1. The Morgan fingerprint density at radius 1 is 1.25 bits per heavy atom. The van der Waals surface area contributed by atoms with E-state index in [0.717, 1.165) is 19.7 Å². The average molecular weight is 295 g/mol. The summed E-state index contributed by atoms with van der Waals surface area (Å²) in [5, 5.41) is 3.45. The molecule has 1 N–H and O–H groups in total. The van der Waals surface area contributed by atoms with Crippen molar-refractivity contribution in [1.82, 2.24) is 5.32 Å². The molecule has 1 saturated carbocycles. The molecule has 1 aliphatic carbocycles. The molecule has 1 aliphatic rings. The molecule has 1 heterocycles. The van der Waals surface area contributed by atoms with Crippen LogP contribution in [-0.2, 0) is 17.9 Å². The standard InChI is InChI=1S/C17H29NOS/c1-4-11-18-12-15-5-6-16(20-15)13-19-14-7-9-17(2,3)10-8-14/h5-6,14,18H,4,7-13H2,1-3H3. The van der Waals surface area contributed by atoms with Crippen molar-refractivity contribution < 1.29 is 4.74 Å². The zero-order valence-electron chi connectivity index (χ0n) is 13.2. The van der Waals surface area contributed by atoms with Crippen LogP contribution in [-0.4, -0.2) is 12.6 Å². The number of rotatable bonds is 7. The Labute approximate surface area is 127 Å². The Morgan fingerprint density at radius 2 is 1.95 bits per heavy atom. The van der Waals surface area contributed by atoms with E-state index in [1.165, 1.54) is 41.9 Å². The second kappa shape index (κ2) is 7.58. The van der Waals surface area contributed by atoms with Gasteiger partial charge in [-0.1, -0.05) is 20.8 Å². The van der Waals surface area contributed by atoms with Gasteiger partial charge in [-0.3, -0.25) is 0 Å². The van der Waals surface area contributed by atoms with Crippen LogP contribution in [0.3, 0.4) is 0 Å². The predicted molar refractivity (Wildman–Crippen MR) is 87.1 cm³/mol. The molecule has 114 valence electrons. The third-order valence-electron chi connectivity index (χ3n) is 4.19. The molecule has 0 atom stereocenters. The third kappa shape index (κ3) is 5.19. The second-order valence-electron chi connectivity index (χ2n) is 6.72. The second-order valence-corrected chi connectivity index (χ2v) is 7.97. The normalized spacial score (nSPS) is 19.4. The summed E-state index contributed by atoms with van der Waals surface area (Å²) >= 11 is 1.88. The quantitative estimate of drug-likeness (QED) is 0.734. The summed E-state index contributed by atoms with van der Waals surface area (Å²) in [4.78, 5) is 2.78. The fraction of sp³-hybridized carbons (Fsp3) is 0.765. The van der Waals surface area contributed by atoms with Gasteiger partial charge in [0.05, 0.1) is 12.7 Å². The first-order chi connectivity index (χ1) is 9.59. The van der Waals surface area contributed by atoms with Crippen molar-refractivity contribution in [2.45, 2.75) is 72.1 Å². The molecule has 0 saturated heterocycles. The summed E-state index contributed by atoms with van der Waals surface area (Å²) < 4.78 is 6.09. The molecule has 0 spiro atoms. The first-order valence-corrected chi connectivity index (χ1v) is 8.80.